The number of carbonyl (C=O) groups excluding carboxylic acids is 1. The average molecular weight is 405 g/mol. The minimum absolute atomic E-state index is 0.0124. The second-order valence-electron chi connectivity index (χ2n) is 6.56. The number of thiazole rings is 1. The normalized spacial score (nSPS) is 11.9. The van der Waals surface area contributed by atoms with Crippen molar-refractivity contribution in [2.45, 2.75) is 13.0 Å². The SMILES string of the molecule is COc1ccc([C@H](NC(=O)c2cnc3scc(C)n3c2=O)c2ccccc2)cc1. The zero-order chi connectivity index (χ0) is 20.4. The third kappa shape index (κ3) is 3.64. The van der Waals surface area contributed by atoms with Crippen molar-refractivity contribution in [1.29, 1.82) is 0 Å². The zero-order valence-electron chi connectivity index (χ0n) is 16.0. The zero-order valence-corrected chi connectivity index (χ0v) is 16.8. The number of fused-ring (bicyclic) bond motifs is 1. The molecule has 0 unspecified atom stereocenters. The predicted molar refractivity (Wildman–Crippen MR) is 113 cm³/mol. The van der Waals surface area contributed by atoms with Gasteiger partial charge in [-0.15, -0.1) is 11.3 Å². The number of hydrogen-bond acceptors (Lipinski definition) is 5. The van der Waals surface area contributed by atoms with E-state index in [-0.39, 0.29) is 11.1 Å². The molecule has 0 saturated carbocycles. The van der Waals surface area contributed by atoms with Gasteiger partial charge in [-0.25, -0.2) is 4.98 Å². The number of carbonyl (C=O) groups is 1. The maximum absolute atomic E-state index is 13.0. The second kappa shape index (κ2) is 7.89. The fourth-order valence-corrected chi connectivity index (χ4v) is 4.02. The number of aromatic nitrogens is 2. The van der Waals surface area contributed by atoms with Crippen molar-refractivity contribution >= 4 is 22.2 Å². The van der Waals surface area contributed by atoms with Gasteiger partial charge in [-0.2, -0.15) is 0 Å². The van der Waals surface area contributed by atoms with Gasteiger partial charge in [0.15, 0.2) is 4.96 Å². The van der Waals surface area contributed by atoms with Gasteiger partial charge in [-0.05, 0) is 30.2 Å². The minimum atomic E-state index is -0.466. The molecular weight excluding hydrogens is 386 g/mol. The number of nitrogens with zero attached hydrogens (tertiary/aromatic N) is 2. The Labute approximate surface area is 171 Å². The van der Waals surface area contributed by atoms with Crippen LogP contribution < -0.4 is 15.6 Å². The maximum Gasteiger partial charge on any atom is 0.271 e. The van der Waals surface area contributed by atoms with Crippen molar-refractivity contribution < 1.29 is 9.53 Å². The summed E-state index contributed by atoms with van der Waals surface area (Å²) in [6.07, 6.45) is 1.35. The third-order valence-electron chi connectivity index (χ3n) is 4.72. The fourth-order valence-electron chi connectivity index (χ4n) is 3.19. The molecule has 0 aliphatic carbocycles. The van der Waals surface area contributed by atoms with Crippen LogP contribution in [-0.2, 0) is 0 Å². The molecule has 0 saturated heterocycles. The summed E-state index contributed by atoms with van der Waals surface area (Å²) >= 11 is 1.37. The van der Waals surface area contributed by atoms with Gasteiger partial charge < -0.3 is 10.1 Å². The van der Waals surface area contributed by atoms with Gasteiger partial charge in [0.05, 0.1) is 13.2 Å². The largest absolute Gasteiger partial charge is 0.497 e. The molecule has 2 aromatic carbocycles. The maximum atomic E-state index is 13.0. The topological polar surface area (TPSA) is 72.7 Å². The molecule has 0 spiro atoms. The summed E-state index contributed by atoms with van der Waals surface area (Å²) in [7, 11) is 1.61. The van der Waals surface area contributed by atoms with Crippen LogP contribution in [0.3, 0.4) is 0 Å². The number of methoxy groups -OCH3 is 1. The molecule has 1 N–H and O–H groups in total. The van der Waals surface area contributed by atoms with Crippen LogP contribution in [0.1, 0.15) is 33.2 Å². The minimum Gasteiger partial charge on any atom is -0.497 e. The van der Waals surface area contributed by atoms with Crippen molar-refractivity contribution in [3.8, 4) is 5.75 Å². The Morgan fingerprint density at radius 3 is 2.48 bits per heavy atom. The molecule has 0 aliphatic rings. The first-order valence-corrected chi connectivity index (χ1v) is 9.92. The first kappa shape index (κ1) is 18.9. The molecule has 7 heteroatoms. The Hall–Kier alpha value is -3.45. The molecule has 0 radical (unpaired) electrons. The van der Waals surface area contributed by atoms with Gasteiger partial charge in [0.1, 0.15) is 11.3 Å². The summed E-state index contributed by atoms with van der Waals surface area (Å²) < 4.78 is 6.69. The smallest absolute Gasteiger partial charge is 0.271 e. The highest BCUT2D eigenvalue weighted by atomic mass is 32.1. The summed E-state index contributed by atoms with van der Waals surface area (Å²) in [6.45, 7) is 1.82. The van der Waals surface area contributed by atoms with Crippen LogP contribution in [0.4, 0.5) is 0 Å². The van der Waals surface area contributed by atoms with Crippen LogP contribution >= 0.6 is 11.3 Å². The summed E-state index contributed by atoms with van der Waals surface area (Å²) in [5, 5.41) is 4.83. The predicted octanol–water partition coefficient (Wildman–Crippen LogP) is 3.59. The van der Waals surface area contributed by atoms with Crippen LogP contribution in [0.2, 0.25) is 0 Å². The van der Waals surface area contributed by atoms with E-state index in [1.54, 1.807) is 7.11 Å². The van der Waals surface area contributed by atoms with Gasteiger partial charge in [0.2, 0.25) is 0 Å². The summed E-state index contributed by atoms with van der Waals surface area (Å²) in [5.74, 6) is 0.264. The van der Waals surface area contributed by atoms with Crippen molar-refractivity contribution in [2.24, 2.45) is 0 Å². The summed E-state index contributed by atoms with van der Waals surface area (Å²) in [4.78, 5) is 30.7. The Bertz CT molecular complexity index is 1210. The Morgan fingerprint density at radius 1 is 1.10 bits per heavy atom. The Kier molecular flexibility index (Phi) is 5.14. The van der Waals surface area contributed by atoms with E-state index in [0.717, 1.165) is 22.6 Å². The van der Waals surface area contributed by atoms with Crippen molar-refractivity contribution in [1.82, 2.24) is 14.7 Å². The lowest BCUT2D eigenvalue weighted by molar-refractivity contribution is 0.0941. The third-order valence-corrected chi connectivity index (χ3v) is 5.68. The van der Waals surface area contributed by atoms with E-state index in [4.69, 9.17) is 4.74 Å². The van der Waals surface area contributed by atoms with E-state index in [2.05, 4.69) is 10.3 Å². The number of aryl methyl sites for hydroxylation is 1. The summed E-state index contributed by atoms with van der Waals surface area (Å²) in [6, 6.07) is 16.7. The Balaban J connectivity index is 1.72. The fraction of sp³-hybridized carbons (Fsp3) is 0.136. The number of nitrogens with one attached hydrogen (secondary N) is 1. The van der Waals surface area contributed by atoms with Crippen molar-refractivity contribution in [3.63, 3.8) is 0 Å². The molecule has 2 aromatic heterocycles. The highest BCUT2D eigenvalue weighted by Gasteiger charge is 2.21. The van der Waals surface area contributed by atoms with Crippen LogP contribution in [0, 0.1) is 6.92 Å². The molecule has 0 aliphatic heterocycles. The molecule has 4 aromatic rings. The van der Waals surface area contributed by atoms with E-state index >= 15 is 0 Å². The molecular formula is C22H19N3O3S. The van der Waals surface area contributed by atoms with E-state index in [0.29, 0.717) is 4.96 Å². The van der Waals surface area contributed by atoms with E-state index in [1.165, 1.54) is 21.9 Å². The molecule has 2 heterocycles. The lowest BCUT2D eigenvalue weighted by Crippen LogP contribution is -2.34. The quantitative estimate of drug-likeness (QED) is 0.551. The van der Waals surface area contributed by atoms with Crippen LogP contribution in [-0.4, -0.2) is 22.4 Å². The monoisotopic (exact) mass is 405 g/mol. The van der Waals surface area contributed by atoms with Crippen molar-refractivity contribution in [2.75, 3.05) is 7.11 Å². The second-order valence-corrected chi connectivity index (χ2v) is 7.40. The molecule has 1 amide bonds. The average Bonchev–Trinajstić information content (AvgIpc) is 3.14. The van der Waals surface area contributed by atoms with Gasteiger partial charge >= 0.3 is 0 Å². The number of amides is 1. The number of hydrogen-bond donors (Lipinski definition) is 1. The first-order chi connectivity index (χ1) is 14.1. The van der Waals surface area contributed by atoms with Gasteiger partial charge in [-0.1, -0.05) is 42.5 Å². The van der Waals surface area contributed by atoms with Crippen LogP contribution in [0.25, 0.3) is 4.96 Å². The van der Waals surface area contributed by atoms with E-state index < -0.39 is 11.9 Å². The van der Waals surface area contributed by atoms with Gasteiger partial charge in [0, 0.05) is 17.3 Å². The Morgan fingerprint density at radius 2 is 1.79 bits per heavy atom. The highest BCUT2D eigenvalue weighted by molar-refractivity contribution is 7.15. The molecule has 6 nitrogen and oxygen atoms in total. The molecule has 4 rings (SSSR count). The number of rotatable bonds is 5. The van der Waals surface area contributed by atoms with Gasteiger partial charge in [0.25, 0.3) is 11.5 Å². The van der Waals surface area contributed by atoms with Gasteiger partial charge in [-0.3, -0.25) is 14.0 Å². The molecule has 146 valence electrons. The van der Waals surface area contributed by atoms with Crippen LogP contribution in [0.5, 0.6) is 5.75 Å². The van der Waals surface area contributed by atoms with Crippen molar-refractivity contribution in [3.05, 3.63) is 98.9 Å². The highest BCUT2D eigenvalue weighted by Crippen LogP contribution is 2.24. The lowest BCUT2D eigenvalue weighted by Gasteiger charge is -2.20. The standard InChI is InChI=1S/C22H19N3O3S/c1-14-13-29-22-23-12-18(21(27)25(14)22)20(26)24-19(15-6-4-3-5-7-15)16-8-10-17(28-2)11-9-16/h3-13,19H,1-2H3,(H,24,26)/t19-/m1/s1. The first-order valence-electron chi connectivity index (χ1n) is 9.04. The van der Waals surface area contributed by atoms with E-state index in [9.17, 15) is 9.59 Å². The molecule has 29 heavy (non-hydrogen) atoms. The van der Waals surface area contributed by atoms with Crippen LogP contribution in [0.15, 0.2) is 71.0 Å². The lowest BCUT2D eigenvalue weighted by atomic mass is 9.98. The molecule has 1 atom stereocenters. The number of benzene rings is 2. The van der Waals surface area contributed by atoms with E-state index in [1.807, 2.05) is 66.9 Å². The number of ether oxygens (including phenoxy) is 1. The molecule has 0 bridgehead atoms. The summed E-state index contributed by atoms with van der Waals surface area (Å²) in [5.41, 5.74) is 2.19. The molecule has 0 fully saturated rings.